The van der Waals surface area contributed by atoms with Crippen LogP contribution < -0.4 is 0 Å². The van der Waals surface area contributed by atoms with E-state index < -0.39 is 5.60 Å². The first kappa shape index (κ1) is 10.6. The molecule has 1 atom stereocenters. The second kappa shape index (κ2) is 3.74. The maximum atomic E-state index is 10.6. The molecular formula is C15H16O2. The SMILES string of the molecule is Cc1cccc2cc(C3(O)C=CCCC3)oc12. The topological polar surface area (TPSA) is 33.4 Å². The molecule has 1 aromatic heterocycles. The van der Waals surface area contributed by atoms with E-state index in [2.05, 4.69) is 0 Å². The van der Waals surface area contributed by atoms with Crippen molar-refractivity contribution >= 4 is 11.0 Å². The molecule has 1 aromatic carbocycles. The third-order valence-electron chi connectivity index (χ3n) is 3.49. The average Bonchev–Trinajstić information content (AvgIpc) is 2.76. The summed E-state index contributed by atoms with van der Waals surface area (Å²) in [6, 6.07) is 8.01. The summed E-state index contributed by atoms with van der Waals surface area (Å²) in [5.41, 5.74) is 1.08. The zero-order chi connectivity index (χ0) is 11.9. The molecule has 0 spiro atoms. The van der Waals surface area contributed by atoms with E-state index in [1.807, 2.05) is 43.3 Å². The first-order valence-corrected chi connectivity index (χ1v) is 6.09. The van der Waals surface area contributed by atoms with Crippen molar-refractivity contribution in [3.8, 4) is 0 Å². The van der Waals surface area contributed by atoms with Crippen LogP contribution >= 0.6 is 0 Å². The van der Waals surface area contributed by atoms with Gasteiger partial charge in [-0.25, -0.2) is 0 Å². The fourth-order valence-corrected chi connectivity index (χ4v) is 2.48. The summed E-state index contributed by atoms with van der Waals surface area (Å²) in [5, 5.41) is 11.6. The molecule has 0 radical (unpaired) electrons. The van der Waals surface area contributed by atoms with Gasteiger partial charge in [0.1, 0.15) is 16.9 Å². The van der Waals surface area contributed by atoms with Gasteiger partial charge in [-0.3, -0.25) is 0 Å². The maximum absolute atomic E-state index is 10.6. The van der Waals surface area contributed by atoms with E-state index in [9.17, 15) is 5.11 Å². The predicted molar refractivity (Wildman–Crippen MR) is 67.8 cm³/mol. The van der Waals surface area contributed by atoms with E-state index in [0.29, 0.717) is 5.76 Å². The van der Waals surface area contributed by atoms with Gasteiger partial charge in [0.05, 0.1) is 0 Å². The van der Waals surface area contributed by atoms with Crippen molar-refractivity contribution in [3.63, 3.8) is 0 Å². The van der Waals surface area contributed by atoms with Gasteiger partial charge < -0.3 is 9.52 Å². The summed E-state index contributed by atoms with van der Waals surface area (Å²) >= 11 is 0. The third-order valence-corrected chi connectivity index (χ3v) is 3.49. The molecule has 2 aromatic rings. The Labute approximate surface area is 101 Å². The average molecular weight is 228 g/mol. The molecule has 1 aliphatic rings. The first-order valence-electron chi connectivity index (χ1n) is 6.09. The summed E-state index contributed by atoms with van der Waals surface area (Å²) in [5.74, 6) is 0.665. The molecular weight excluding hydrogens is 212 g/mol. The van der Waals surface area contributed by atoms with Gasteiger partial charge in [0.2, 0.25) is 0 Å². The van der Waals surface area contributed by atoms with Crippen LogP contribution in [0.25, 0.3) is 11.0 Å². The summed E-state index contributed by atoms with van der Waals surface area (Å²) < 4.78 is 5.84. The summed E-state index contributed by atoms with van der Waals surface area (Å²) in [4.78, 5) is 0. The van der Waals surface area contributed by atoms with Gasteiger partial charge in [0.25, 0.3) is 0 Å². The summed E-state index contributed by atoms with van der Waals surface area (Å²) in [6.45, 7) is 2.02. The smallest absolute Gasteiger partial charge is 0.140 e. The normalized spacial score (nSPS) is 24.4. The molecule has 2 nitrogen and oxygen atoms in total. The fourth-order valence-electron chi connectivity index (χ4n) is 2.48. The Morgan fingerprint density at radius 2 is 2.24 bits per heavy atom. The minimum absolute atomic E-state index is 0.665. The van der Waals surface area contributed by atoms with E-state index >= 15 is 0 Å². The second-order valence-corrected chi connectivity index (χ2v) is 4.82. The van der Waals surface area contributed by atoms with Crippen LogP contribution in [-0.2, 0) is 5.60 Å². The van der Waals surface area contributed by atoms with Crippen LogP contribution in [0.1, 0.15) is 30.6 Å². The van der Waals surface area contributed by atoms with E-state index in [0.717, 1.165) is 35.8 Å². The Bertz CT molecular complexity index is 580. The molecule has 1 heterocycles. The summed E-state index contributed by atoms with van der Waals surface area (Å²) in [6.07, 6.45) is 6.68. The van der Waals surface area contributed by atoms with Crippen LogP contribution in [0, 0.1) is 6.92 Å². The number of rotatable bonds is 1. The molecule has 0 bridgehead atoms. The van der Waals surface area contributed by atoms with Crippen LogP contribution in [0.5, 0.6) is 0 Å². The van der Waals surface area contributed by atoms with Crippen molar-refractivity contribution in [1.29, 1.82) is 0 Å². The number of benzene rings is 1. The molecule has 0 amide bonds. The lowest BCUT2D eigenvalue weighted by Crippen LogP contribution is -2.23. The Morgan fingerprint density at radius 1 is 1.35 bits per heavy atom. The molecule has 0 saturated carbocycles. The molecule has 2 heteroatoms. The van der Waals surface area contributed by atoms with Crippen LogP contribution in [0.3, 0.4) is 0 Å². The van der Waals surface area contributed by atoms with Gasteiger partial charge in [0, 0.05) is 5.39 Å². The molecule has 0 fully saturated rings. The number of hydrogen-bond donors (Lipinski definition) is 1. The minimum atomic E-state index is -0.913. The van der Waals surface area contributed by atoms with E-state index in [1.54, 1.807) is 0 Å². The Hall–Kier alpha value is -1.54. The van der Waals surface area contributed by atoms with Crippen molar-refractivity contribution in [2.24, 2.45) is 0 Å². The minimum Gasteiger partial charge on any atom is -0.457 e. The molecule has 88 valence electrons. The van der Waals surface area contributed by atoms with Gasteiger partial charge in [0.15, 0.2) is 0 Å². The standard InChI is InChI=1S/C15H16O2/c1-11-6-5-7-12-10-13(17-14(11)12)15(16)8-3-2-4-9-15/h3,5-8,10,16H,2,4,9H2,1H3. The number of hydrogen-bond acceptors (Lipinski definition) is 2. The summed E-state index contributed by atoms with van der Waals surface area (Å²) in [7, 11) is 0. The van der Waals surface area contributed by atoms with Crippen LogP contribution in [0.2, 0.25) is 0 Å². The van der Waals surface area contributed by atoms with Crippen molar-refractivity contribution in [2.45, 2.75) is 31.8 Å². The van der Waals surface area contributed by atoms with Gasteiger partial charge in [-0.2, -0.15) is 0 Å². The largest absolute Gasteiger partial charge is 0.457 e. The Morgan fingerprint density at radius 3 is 2.94 bits per heavy atom. The van der Waals surface area contributed by atoms with Crippen LogP contribution in [-0.4, -0.2) is 5.11 Å². The quantitative estimate of drug-likeness (QED) is 0.755. The molecule has 17 heavy (non-hydrogen) atoms. The maximum Gasteiger partial charge on any atom is 0.140 e. The number of furan rings is 1. The highest BCUT2D eigenvalue weighted by atomic mass is 16.4. The van der Waals surface area contributed by atoms with Crippen molar-refractivity contribution in [1.82, 2.24) is 0 Å². The second-order valence-electron chi connectivity index (χ2n) is 4.82. The monoisotopic (exact) mass is 228 g/mol. The third kappa shape index (κ3) is 1.69. The van der Waals surface area contributed by atoms with Gasteiger partial charge in [-0.05, 0) is 43.9 Å². The lowest BCUT2D eigenvalue weighted by molar-refractivity contribution is 0.0510. The fraction of sp³-hybridized carbons (Fsp3) is 0.333. The van der Waals surface area contributed by atoms with Crippen LogP contribution in [0.4, 0.5) is 0 Å². The number of para-hydroxylation sites is 1. The Balaban J connectivity index is 2.15. The molecule has 1 aliphatic carbocycles. The van der Waals surface area contributed by atoms with Crippen molar-refractivity contribution in [2.75, 3.05) is 0 Å². The van der Waals surface area contributed by atoms with Crippen molar-refractivity contribution < 1.29 is 9.52 Å². The zero-order valence-corrected chi connectivity index (χ0v) is 9.94. The van der Waals surface area contributed by atoms with E-state index in [-0.39, 0.29) is 0 Å². The molecule has 3 rings (SSSR count). The highest BCUT2D eigenvalue weighted by molar-refractivity contribution is 5.81. The lowest BCUT2D eigenvalue weighted by Gasteiger charge is -2.24. The highest BCUT2D eigenvalue weighted by Crippen LogP contribution is 2.36. The van der Waals surface area contributed by atoms with Crippen LogP contribution in [0.15, 0.2) is 40.8 Å². The number of aryl methyl sites for hydroxylation is 1. The molecule has 1 unspecified atom stereocenters. The zero-order valence-electron chi connectivity index (χ0n) is 9.94. The van der Waals surface area contributed by atoms with Gasteiger partial charge in [-0.1, -0.05) is 24.3 Å². The first-order chi connectivity index (χ1) is 8.19. The Kier molecular flexibility index (Phi) is 2.33. The number of allylic oxidation sites excluding steroid dienone is 1. The number of fused-ring (bicyclic) bond motifs is 1. The molecule has 0 aliphatic heterocycles. The number of aliphatic hydroxyl groups is 1. The van der Waals surface area contributed by atoms with Crippen molar-refractivity contribution in [3.05, 3.63) is 47.7 Å². The van der Waals surface area contributed by atoms with E-state index in [1.165, 1.54) is 0 Å². The lowest BCUT2D eigenvalue weighted by atomic mass is 9.89. The predicted octanol–water partition coefficient (Wildman–Crippen LogP) is 3.67. The van der Waals surface area contributed by atoms with E-state index in [4.69, 9.17) is 4.42 Å². The van der Waals surface area contributed by atoms with Gasteiger partial charge in [-0.15, -0.1) is 0 Å². The van der Waals surface area contributed by atoms with Gasteiger partial charge >= 0.3 is 0 Å². The molecule has 1 N–H and O–H groups in total. The molecule has 0 saturated heterocycles. The highest BCUT2D eigenvalue weighted by Gasteiger charge is 2.31.